The van der Waals surface area contributed by atoms with Crippen LogP contribution in [0.15, 0.2) is 46.2 Å². The summed E-state index contributed by atoms with van der Waals surface area (Å²) in [7, 11) is 0. The van der Waals surface area contributed by atoms with Crippen molar-refractivity contribution in [2.75, 3.05) is 0 Å². The van der Waals surface area contributed by atoms with Gasteiger partial charge in [-0.2, -0.15) is 31.3 Å². The summed E-state index contributed by atoms with van der Waals surface area (Å²) in [5, 5.41) is 3.25. The predicted molar refractivity (Wildman–Crippen MR) is 92.2 cm³/mol. The van der Waals surface area contributed by atoms with Gasteiger partial charge >= 0.3 is 12.4 Å². The summed E-state index contributed by atoms with van der Waals surface area (Å²) in [6, 6.07) is 5.08. The van der Waals surface area contributed by atoms with Crippen LogP contribution in [0.2, 0.25) is 5.02 Å². The smallest absolute Gasteiger partial charge is 0.455 e. The van der Waals surface area contributed by atoms with Gasteiger partial charge in [0.1, 0.15) is 6.04 Å². The minimum absolute atomic E-state index is 0.305. The first kappa shape index (κ1) is 21.9. The van der Waals surface area contributed by atoms with E-state index in [9.17, 15) is 26.3 Å². The van der Waals surface area contributed by atoms with Gasteiger partial charge in [0.25, 0.3) is 5.82 Å². The van der Waals surface area contributed by atoms with Crippen molar-refractivity contribution in [3.05, 3.63) is 59.0 Å². The van der Waals surface area contributed by atoms with E-state index in [1.54, 1.807) is 0 Å². The lowest BCUT2D eigenvalue weighted by Gasteiger charge is -2.33. The molecular formula is C17H13ClF6N4O2. The number of hydrogen-bond donors (Lipinski definition) is 0. The van der Waals surface area contributed by atoms with Crippen LogP contribution in [0.4, 0.5) is 26.3 Å². The van der Waals surface area contributed by atoms with Gasteiger partial charge in [0.15, 0.2) is 6.10 Å². The van der Waals surface area contributed by atoms with E-state index in [-0.39, 0.29) is 12.4 Å². The third-order valence-corrected chi connectivity index (χ3v) is 4.26. The van der Waals surface area contributed by atoms with Crippen LogP contribution in [-0.4, -0.2) is 33.2 Å². The molecule has 0 radical (unpaired) electrons. The van der Waals surface area contributed by atoms with Crippen molar-refractivity contribution in [2.24, 2.45) is 4.99 Å². The lowest BCUT2D eigenvalue weighted by molar-refractivity contribution is -0.193. The maximum Gasteiger partial charge on any atom is 0.455 e. The molecule has 0 aliphatic carbocycles. The standard InChI is InChI=1S/C17H13ClF6N4O2/c1-9(16(19,20)21)29-14-13(10-2-4-11(18)5-3-10)28(7-6-25-14)8-12-26-15(27-30-12)17(22,23)24/h2-7,9,13H,8H2,1H3/t9-,13?/m0/s1. The van der Waals surface area contributed by atoms with Crippen LogP contribution in [-0.2, 0) is 17.5 Å². The van der Waals surface area contributed by atoms with E-state index in [0.717, 1.165) is 13.1 Å². The Hall–Kier alpha value is -2.76. The number of alkyl halides is 6. The summed E-state index contributed by atoms with van der Waals surface area (Å²) in [5.74, 6) is -2.16. The highest BCUT2D eigenvalue weighted by molar-refractivity contribution is 6.30. The number of benzene rings is 1. The minimum Gasteiger partial charge on any atom is -0.466 e. The van der Waals surface area contributed by atoms with Crippen molar-refractivity contribution in [1.82, 2.24) is 15.0 Å². The van der Waals surface area contributed by atoms with Crippen LogP contribution in [0.25, 0.3) is 0 Å². The first-order chi connectivity index (χ1) is 13.9. The fourth-order valence-electron chi connectivity index (χ4n) is 2.55. The molecule has 2 heterocycles. The van der Waals surface area contributed by atoms with Crippen molar-refractivity contribution >= 4 is 17.5 Å². The van der Waals surface area contributed by atoms with Crippen molar-refractivity contribution in [1.29, 1.82) is 0 Å². The van der Waals surface area contributed by atoms with Crippen LogP contribution in [0.3, 0.4) is 0 Å². The molecule has 0 N–H and O–H groups in total. The Labute approximate surface area is 170 Å². The summed E-state index contributed by atoms with van der Waals surface area (Å²) in [6.45, 7) is 0.480. The van der Waals surface area contributed by atoms with Gasteiger partial charge in [0, 0.05) is 17.4 Å². The third-order valence-electron chi connectivity index (χ3n) is 4.01. The molecule has 1 aromatic heterocycles. The number of aromatic nitrogens is 2. The van der Waals surface area contributed by atoms with Crippen molar-refractivity contribution in [3.8, 4) is 0 Å². The Morgan fingerprint density at radius 3 is 2.40 bits per heavy atom. The monoisotopic (exact) mass is 454 g/mol. The maximum absolute atomic E-state index is 13.0. The van der Waals surface area contributed by atoms with Gasteiger partial charge in [-0.3, -0.25) is 0 Å². The second kappa shape index (κ2) is 8.17. The number of halogens is 7. The van der Waals surface area contributed by atoms with E-state index in [4.69, 9.17) is 16.3 Å². The molecule has 13 heteroatoms. The molecule has 0 spiro atoms. The van der Waals surface area contributed by atoms with E-state index in [2.05, 4.69) is 19.7 Å². The number of rotatable bonds is 4. The number of nitrogens with zero attached hydrogens (tertiary/aromatic N) is 4. The normalized spacial score (nSPS) is 18.3. The van der Waals surface area contributed by atoms with Gasteiger partial charge in [-0.1, -0.05) is 28.9 Å². The Kier molecular flexibility index (Phi) is 5.97. The SMILES string of the molecule is C[C@H](OC1=NC=CN(Cc2nc(C(F)(F)F)no2)C1c1ccc(Cl)cc1)C(F)(F)F. The molecule has 0 saturated carbocycles. The van der Waals surface area contributed by atoms with Gasteiger partial charge in [0.05, 0.1) is 6.54 Å². The quantitative estimate of drug-likeness (QED) is 0.599. The van der Waals surface area contributed by atoms with E-state index in [1.807, 2.05) is 0 Å². The van der Waals surface area contributed by atoms with Crippen LogP contribution in [0.5, 0.6) is 0 Å². The number of ether oxygens (including phenoxy) is 1. The summed E-state index contributed by atoms with van der Waals surface area (Å²) in [4.78, 5) is 8.54. The van der Waals surface area contributed by atoms with Crippen LogP contribution >= 0.6 is 11.6 Å². The number of aliphatic imine (C=N–C) groups is 1. The van der Waals surface area contributed by atoms with E-state index in [0.29, 0.717) is 10.6 Å². The second-order valence-corrected chi connectivity index (χ2v) is 6.64. The van der Waals surface area contributed by atoms with Crippen molar-refractivity contribution in [2.45, 2.75) is 38.0 Å². The number of hydrogen-bond acceptors (Lipinski definition) is 6. The molecule has 0 fully saturated rings. The first-order valence-corrected chi connectivity index (χ1v) is 8.71. The predicted octanol–water partition coefficient (Wildman–Crippen LogP) is 5.14. The molecular weight excluding hydrogens is 442 g/mol. The average Bonchev–Trinajstić information content (AvgIpc) is 3.11. The van der Waals surface area contributed by atoms with E-state index >= 15 is 0 Å². The van der Waals surface area contributed by atoms with Crippen LogP contribution in [0.1, 0.15) is 30.2 Å². The lowest BCUT2D eigenvalue weighted by atomic mass is 10.0. The van der Waals surface area contributed by atoms with E-state index < -0.39 is 36.2 Å². The zero-order valence-corrected chi connectivity index (χ0v) is 15.8. The molecule has 1 aliphatic rings. The van der Waals surface area contributed by atoms with Crippen molar-refractivity contribution < 1.29 is 35.6 Å². The summed E-state index contributed by atoms with van der Waals surface area (Å²) in [6.07, 6.45) is -9.09. The lowest BCUT2D eigenvalue weighted by Crippen LogP contribution is -2.38. The molecule has 2 aromatic rings. The molecule has 0 amide bonds. The molecule has 162 valence electrons. The van der Waals surface area contributed by atoms with Gasteiger partial charge < -0.3 is 14.2 Å². The third kappa shape index (κ3) is 5.04. The molecule has 6 nitrogen and oxygen atoms in total. The Morgan fingerprint density at radius 1 is 1.17 bits per heavy atom. The zero-order chi connectivity index (χ0) is 22.1. The summed E-state index contributed by atoms with van der Waals surface area (Å²) >= 11 is 5.87. The molecule has 0 saturated heterocycles. The largest absolute Gasteiger partial charge is 0.466 e. The van der Waals surface area contributed by atoms with E-state index in [1.165, 1.54) is 35.4 Å². The molecule has 30 heavy (non-hydrogen) atoms. The molecule has 2 atom stereocenters. The Balaban J connectivity index is 1.91. The fraction of sp³-hybridized carbons (Fsp3) is 0.353. The molecule has 0 bridgehead atoms. The van der Waals surface area contributed by atoms with Gasteiger partial charge in [0.2, 0.25) is 11.8 Å². The highest BCUT2D eigenvalue weighted by atomic mass is 35.5. The molecule has 1 unspecified atom stereocenters. The first-order valence-electron chi connectivity index (χ1n) is 8.34. The summed E-state index contributed by atoms with van der Waals surface area (Å²) in [5.41, 5.74) is 0.437. The van der Waals surface area contributed by atoms with Crippen LogP contribution < -0.4 is 0 Å². The molecule has 3 rings (SSSR count). The minimum atomic E-state index is -4.80. The van der Waals surface area contributed by atoms with Gasteiger partial charge in [-0.05, 0) is 24.6 Å². The maximum atomic E-state index is 13.0. The molecule has 1 aliphatic heterocycles. The van der Waals surface area contributed by atoms with Gasteiger partial charge in [-0.25, -0.2) is 4.99 Å². The highest BCUT2D eigenvalue weighted by Gasteiger charge is 2.41. The topological polar surface area (TPSA) is 63.8 Å². The summed E-state index contributed by atoms with van der Waals surface area (Å²) < 4.78 is 86.7. The fourth-order valence-corrected chi connectivity index (χ4v) is 2.67. The van der Waals surface area contributed by atoms with Crippen molar-refractivity contribution in [3.63, 3.8) is 0 Å². The zero-order valence-electron chi connectivity index (χ0n) is 15.1. The second-order valence-electron chi connectivity index (χ2n) is 6.20. The Bertz CT molecular complexity index is 939. The highest BCUT2D eigenvalue weighted by Crippen LogP contribution is 2.32. The van der Waals surface area contributed by atoms with Crippen LogP contribution in [0, 0.1) is 0 Å². The molecule has 1 aromatic carbocycles. The average molecular weight is 455 g/mol. The Morgan fingerprint density at radius 2 is 1.83 bits per heavy atom. The van der Waals surface area contributed by atoms with Gasteiger partial charge in [-0.15, -0.1) is 0 Å².